The summed E-state index contributed by atoms with van der Waals surface area (Å²) in [7, 11) is 0. The van der Waals surface area contributed by atoms with Crippen molar-refractivity contribution in [3.05, 3.63) is 35.4 Å². The molecule has 2 fully saturated rings. The third-order valence-electron chi connectivity index (χ3n) is 6.19. The van der Waals surface area contributed by atoms with Crippen LogP contribution in [-0.4, -0.2) is 65.4 Å². The van der Waals surface area contributed by atoms with Gasteiger partial charge < -0.3 is 19.7 Å². The fourth-order valence-corrected chi connectivity index (χ4v) is 5.06. The molecule has 0 aromatic heterocycles. The number of carbonyl (C=O) groups is 2. The molecule has 0 unspecified atom stereocenters. The van der Waals surface area contributed by atoms with Gasteiger partial charge in [0, 0.05) is 38.5 Å². The molecule has 2 heterocycles. The van der Waals surface area contributed by atoms with E-state index in [4.69, 9.17) is 21.7 Å². The van der Waals surface area contributed by atoms with Crippen LogP contribution in [0.5, 0.6) is 0 Å². The van der Waals surface area contributed by atoms with Gasteiger partial charge in [-0.3, -0.25) is 9.69 Å². The van der Waals surface area contributed by atoms with Crippen molar-refractivity contribution in [3.63, 3.8) is 0 Å². The average molecular weight is 432 g/mol. The van der Waals surface area contributed by atoms with Gasteiger partial charge in [-0.25, -0.2) is 4.79 Å². The van der Waals surface area contributed by atoms with E-state index in [2.05, 4.69) is 22.3 Å². The van der Waals surface area contributed by atoms with E-state index in [0.29, 0.717) is 31.1 Å². The van der Waals surface area contributed by atoms with E-state index in [0.717, 1.165) is 32.4 Å². The average Bonchev–Trinajstić information content (AvgIpc) is 3.25. The molecule has 162 valence electrons. The molecular formula is C22H29N3O4S. The number of benzene rings is 1. The number of piperidine rings is 1. The summed E-state index contributed by atoms with van der Waals surface area (Å²) in [4.78, 5) is 28.1. The number of likely N-dealkylation sites (tertiary alicyclic amines) is 1. The summed E-state index contributed by atoms with van der Waals surface area (Å²) in [6.45, 7) is 4.48. The molecule has 1 aromatic rings. The Balaban J connectivity index is 1.27. The number of hydrogen-bond donors (Lipinski definition) is 1. The molecule has 2 atom stereocenters. The van der Waals surface area contributed by atoms with Gasteiger partial charge in [-0.05, 0) is 49.5 Å². The highest BCUT2D eigenvalue weighted by molar-refractivity contribution is 7.80. The van der Waals surface area contributed by atoms with Crippen molar-refractivity contribution in [1.29, 1.82) is 0 Å². The van der Waals surface area contributed by atoms with Crippen LogP contribution in [0.1, 0.15) is 49.8 Å². The third kappa shape index (κ3) is 4.24. The Kier molecular flexibility index (Phi) is 6.41. The van der Waals surface area contributed by atoms with Crippen molar-refractivity contribution < 1.29 is 19.1 Å². The van der Waals surface area contributed by atoms with Crippen molar-refractivity contribution in [3.8, 4) is 0 Å². The summed E-state index contributed by atoms with van der Waals surface area (Å²) >= 11 is 5.52. The molecule has 1 aliphatic carbocycles. The summed E-state index contributed by atoms with van der Waals surface area (Å²) in [6.07, 6.45) is 3.38. The molecule has 3 aliphatic rings. The lowest BCUT2D eigenvalue weighted by Crippen LogP contribution is -2.50. The van der Waals surface area contributed by atoms with E-state index in [9.17, 15) is 9.59 Å². The molecule has 0 saturated carbocycles. The quantitative estimate of drug-likeness (QED) is 0.422. The van der Waals surface area contributed by atoms with Gasteiger partial charge in [-0.15, -0.1) is 0 Å². The van der Waals surface area contributed by atoms with E-state index < -0.39 is 0 Å². The number of amides is 1. The molecule has 2 aliphatic heterocycles. The monoisotopic (exact) mass is 431 g/mol. The van der Waals surface area contributed by atoms with E-state index >= 15 is 0 Å². The summed E-state index contributed by atoms with van der Waals surface area (Å²) in [5.74, 6) is -0.171. The Morgan fingerprint density at radius 1 is 1.30 bits per heavy atom. The molecule has 1 amide bonds. The van der Waals surface area contributed by atoms with Crippen LogP contribution in [0.25, 0.3) is 0 Å². The first kappa shape index (κ1) is 20.9. The number of nitrogens with one attached hydrogen (secondary N) is 1. The predicted molar refractivity (Wildman–Crippen MR) is 116 cm³/mol. The lowest BCUT2D eigenvalue weighted by molar-refractivity contribution is -0.143. The van der Waals surface area contributed by atoms with Crippen molar-refractivity contribution in [2.45, 2.75) is 57.2 Å². The first-order valence-corrected chi connectivity index (χ1v) is 11.2. The normalized spacial score (nSPS) is 23.0. The number of fused-ring (bicyclic) bond motifs is 3. The second kappa shape index (κ2) is 9.20. The topological polar surface area (TPSA) is 71.1 Å². The Labute approximate surface area is 182 Å². The minimum Gasteiger partial charge on any atom is -0.466 e. The van der Waals surface area contributed by atoms with Crippen molar-refractivity contribution in [1.82, 2.24) is 15.1 Å². The Morgan fingerprint density at radius 3 is 2.83 bits per heavy atom. The number of carbonyl (C=O) groups excluding carboxylic acids is 2. The molecule has 30 heavy (non-hydrogen) atoms. The van der Waals surface area contributed by atoms with Crippen LogP contribution in [0.3, 0.4) is 0 Å². The van der Waals surface area contributed by atoms with Crippen molar-refractivity contribution in [2.24, 2.45) is 0 Å². The number of nitrogens with zero attached hydrogens (tertiary/aromatic N) is 2. The number of rotatable bonds is 6. The first-order chi connectivity index (χ1) is 14.6. The number of thiocarbonyl (C=S) groups is 1. The maximum atomic E-state index is 12.6. The molecule has 0 bridgehead atoms. The van der Waals surface area contributed by atoms with E-state index in [1.54, 1.807) is 0 Å². The SMILES string of the molecule is CCOC(=O)CCCNC(=S)N1CCC(N2C(=O)O[C@H]3Cc4ccccc4[C@H]32)CC1. The lowest BCUT2D eigenvalue weighted by Gasteiger charge is -2.38. The van der Waals surface area contributed by atoms with Gasteiger partial charge in [-0.2, -0.15) is 0 Å². The van der Waals surface area contributed by atoms with Crippen LogP contribution in [0.2, 0.25) is 0 Å². The van der Waals surface area contributed by atoms with Gasteiger partial charge in [0.25, 0.3) is 0 Å². The molecule has 0 spiro atoms. The minimum atomic E-state index is -0.183. The van der Waals surface area contributed by atoms with E-state index in [1.807, 2.05) is 24.0 Å². The van der Waals surface area contributed by atoms with Gasteiger partial charge in [0.15, 0.2) is 5.11 Å². The zero-order valence-corrected chi connectivity index (χ0v) is 18.2. The lowest BCUT2D eigenvalue weighted by atomic mass is 9.99. The highest BCUT2D eigenvalue weighted by atomic mass is 32.1. The highest BCUT2D eigenvalue weighted by Gasteiger charge is 2.50. The second-order valence-electron chi connectivity index (χ2n) is 8.04. The van der Waals surface area contributed by atoms with Crippen LogP contribution >= 0.6 is 12.2 Å². The smallest absolute Gasteiger partial charge is 0.411 e. The highest BCUT2D eigenvalue weighted by Crippen LogP contribution is 2.44. The summed E-state index contributed by atoms with van der Waals surface area (Å²) in [5.41, 5.74) is 2.52. The molecule has 1 aromatic carbocycles. The third-order valence-corrected chi connectivity index (χ3v) is 6.60. The van der Waals surface area contributed by atoms with E-state index in [-0.39, 0.29) is 30.3 Å². The zero-order valence-electron chi connectivity index (χ0n) is 17.3. The summed E-state index contributed by atoms with van der Waals surface area (Å²) in [6, 6.07) is 8.55. The molecule has 7 nitrogen and oxygen atoms in total. The summed E-state index contributed by atoms with van der Waals surface area (Å²) in [5, 5.41) is 3.95. The maximum Gasteiger partial charge on any atom is 0.411 e. The van der Waals surface area contributed by atoms with Gasteiger partial charge in [-0.1, -0.05) is 24.3 Å². The van der Waals surface area contributed by atoms with Crippen LogP contribution in [0.4, 0.5) is 4.79 Å². The van der Waals surface area contributed by atoms with Crippen molar-refractivity contribution in [2.75, 3.05) is 26.2 Å². The van der Waals surface area contributed by atoms with Crippen LogP contribution in [0.15, 0.2) is 24.3 Å². The fraction of sp³-hybridized carbons (Fsp3) is 0.591. The van der Waals surface area contributed by atoms with Crippen LogP contribution in [0, 0.1) is 0 Å². The zero-order chi connectivity index (χ0) is 21.1. The maximum absolute atomic E-state index is 12.6. The van der Waals surface area contributed by atoms with Gasteiger partial charge >= 0.3 is 12.1 Å². The number of hydrogen-bond acceptors (Lipinski definition) is 5. The fourth-order valence-electron chi connectivity index (χ4n) is 4.77. The van der Waals surface area contributed by atoms with Gasteiger partial charge in [0.05, 0.1) is 12.6 Å². The number of esters is 1. The van der Waals surface area contributed by atoms with Crippen LogP contribution in [-0.2, 0) is 20.7 Å². The predicted octanol–water partition coefficient (Wildman–Crippen LogP) is 2.79. The molecule has 0 radical (unpaired) electrons. The molecule has 1 N–H and O–H groups in total. The standard InChI is InChI=1S/C22H29N3O4S/c1-2-28-19(26)8-5-11-23-21(30)24-12-9-16(10-13-24)25-20-17-7-4-3-6-15(17)14-18(20)29-22(25)27/h3-4,6-7,16,18,20H,2,5,8-14H2,1H3,(H,23,30)/t18-,20+/m0/s1. The molecule has 4 rings (SSSR count). The molecule has 2 saturated heterocycles. The number of ether oxygens (including phenoxy) is 2. The van der Waals surface area contributed by atoms with E-state index in [1.165, 1.54) is 11.1 Å². The first-order valence-electron chi connectivity index (χ1n) is 10.8. The molecular weight excluding hydrogens is 402 g/mol. The Hall–Kier alpha value is -2.35. The minimum absolute atomic E-state index is 0.0400. The molecule has 8 heteroatoms. The van der Waals surface area contributed by atoms with Gasteiger partial charge in [0.2, 0.25) is 0 Å². The second-order valence-corrected chi connectivity index (χ2v) is 8.42. The Bertz CT molecular complexity index is 809. The van der Waals surface area contributed by atoms with Gasteiger partial charge in [0.1, 0.15) is 6.10 Å². The summed E-state index contributed by atoms with van der Waals surface area (Å²) < 4.78 is 10.6. The largest absolute Gasteiger partial charge is 0.466 e. The van der Waals surface area contributed by atoms with Crippen LogP contribution < -0.4 is 5.32 Å². The Morgan fingerprint density at radius 2 is 2.07 bits per heavy atom. The van der Waals surface area contributed by atoms with Crippen molar-refractivity contribution >= 4 is 29.4 Å².